The minimum atomic E-state index is -0.157. The Bertz CT molecular complexity index is 518. The topological polar surface area (TPSA) is 48.5 Å². The van der Waals surface area contributed by atoms with Crippen molar-refractivity contribution in [1.29, 1.82) is 0 Å². The molecule has 7 heteroatoms. The molecular formula is C17H29BrFIN4. The Balaban J connectivity index is 0.00000529. The molecule has 1 rings (SSSR count). The van der Waals surface area contributed by atoms with Crippen molar-refractivity contribution in [3.05, 3.63) is 34.1 Å². The summed E-state index contributed by atoms with van der Waals surface area (Å²) in [4.78, 5) is 4.18. The number of aryl methyl sites for hydroxylation is 1. The molecule has 0 saturated heterocycles. The van der Waals surface area contributed by atoms with Crippen molar-refractivity contribution in [2.45, 2.75) is 39.2 Å². The number of halogens is 3. The molecule has 0 radical (unpaired) electrons. The normalized spacial score (nSPS) is 11.8. The van der Waals surface area contributed by atoms with Gasteiger partial charge in [0.15, 0.2) is 5.96 Å². The molecule has 24 heavy (non-hydrogen) atoms. The third-order valence-corrected chi connectivity index (χ3v) is 3.72. The zero-order valence-corrected chi connectivity index (χ0v) is 18.8. The van der Waals surface area contributed by atoms with Crippen molar-refractivity contribution >= 4 is 45.9 Å². The van der Waals surface area contributed by atoms with Crippen molar-refractivity contribution in [1.82, 2.24) is 16.0 Å². The molecule has 0 aliphatic heterocycles. The number of hydrogen-bond donors (Lipinski definition) is 3. The van der Waals surface area contributed by atoms with Crippen LogP contribution in [0.5, 0.6) is 0 Å². The molecule has 0 fully saturated rings. The van der Waals surface area contributed by atoms with Crippen LogP contribution in [0, 0.1) is 5.82 Å². The van der Waals surface area contributed by atoms with Gasteiger partial charge in [0.2, 0.25) is 0 Å². The van der Waals surface area contributed by atoms with Crippen molar-refractivity contribution < 1.29 is 4.39 Å². The Kier molecular flexibility index (Phi) is 11.8. The first kappa shape index (κ1) is 23.6. The zero-order chi connectivity index (χ0) is 17.3. The Morgan fingerprint density at radius 2 is 1.83 bits per heavy atom. The van der Waals surface area contributed by atoms with Gasteiger partial charge in [0, 0.05) is 36.7 Å². The maximum atomic E-state index is 13.7. The summed E-state index contributed by atoms with van der Waals surface area (Å²) in [5, 5.41) is 9.91. The van der Waals surface area contributed by atoms with Gasteiger partial charge in [-0.25, -0.2) is 4.39 Å². The highest BCUT2D eigenvalue weighted by atomic mass is 127. The lowest BCUT2D eigenvalue weighted by molar-refractivity contribution is 0.428. The van der Waals surface area contributed by atoms with Crippen molar-refractivity contribution in [2.24, 2.45) is 4.99 Å². The van der Waals surface area contributed by atoms with E-state index in [1.54, 1.807) is 7.05 Å². The first-order valence-electron chi connectivity index (χ1n) is 7.95. The number of hydrogen-bond acceptors (Lipinski definition) is 2. The number of aliphatic imine (C=N–C) groups is 1. The SMILES string of the molecule is CN=C(NCCCc1ccc(Br)cc1F)NCCNC(C)(C)C.I. The van der Waals surface area contributed by atoms with Crippen LogP contribution in [0.25, 0.3) is 0 Å². The number of nitrogens with one attached hydrogen (secondary N) is 3. The summed E-state index contributed by atoms with van der Waals surface area (Å²) >= 11 is 3.27. The van der Waals surface area contributed by atoms with Gasteiger partial charge < -0.3 is 16.0 Å². The van der Waals surface area contributed by atoms with Crippen molar-refractivity contribution in [3.8, 4) is 0 Å². The predicted octanol–water partition coefficient (Wildman–Crippen LogP) is 3.69. The fourth-order valence-electron chi connectivity index (χ4n) is 2.05. The maximum Gasteiger partial charge on any atom is 0.191 e. The van der Waals surface area contributed by atoms with Crippen molar-refractivity contribution in [3.63, 3.8) is 0 Å². The molecule has 0 spiro atoms. The molecule has 0 aliphatic rings. The lowest BCUT2D eigenvalue weighted by Crippen LogP contribution is -2.44. The lowest BCUT2D eigenvalue weighted by atomic mass is 10.1. The molecule has 0 atom stereocenters. The molecular weight excluding hydrogens is 486 g/mol. The molecule has 1 aromatic carbocycles. The number of rotatable bonds is 7. The van der Waals surface area contributed by atoms with Gasteiger partial charge in [-0.2, -0.15) is 0 Å². The summed E-state index contributed by atoms with van der Waals surface area (Å²) in [5.74, 6) is 0.618. The first-order chi connectivity index (χ1) is 10.8. The summed E-state index contributed by atoms with van der Waals surface area (Å²) < 4.78 is 14.5. The molecule has 0 unspecified atom stereocenters. The summed E-state index contributed by atoms with van der Waals surface area (Å²) in [5.41, 5.74) is 0.861. The highest BCUT2D eigenvalue weighted by Crippen LogP contribution is 2.16. The van der Waals surface area contributed by atoms with E-state index >= 15 is 0 Å². The second-order valence-corrected chi connectivity index (χ2v) is 7.36. The van der Waals surface area contributed by atoms with Crippen molar-refractivity contribution in [2.75, 3.05) is 26.7 Å². The van der Waals surface area contributed by atoms with E-state index in [0.29, 0.717) is 6.42 Å². The standard InChI is InChI=1S/C17H28BrFN4.HI/c1-17(2,3)23-11-10-22-16(20-4)21-9-5-6-13-7-8-14(18)12-15(13)19;/h7-8,12,23H,5-6,9-11H2,1-4H3,(H2,20,21,22);1H. The third kappa shape index (κ3) is 10.5. The number of nitrogens with zero attached hydrogens (tertiary/aromatic N) is 1. The van der Waals surface area contributed by atoms with Crippen LogP contribution in [-0.4, -0.2) is 38.2 Å². The van der Waals surface area contributed by atoms with E-state index in [0.717, 1.165) is 42.1 Å². The van der Waals surface area contributed by atoms with Gasteiger partial charge in [0.1, 0.15) is 5.82 Å². The molecule has 0 amide bonds. The van der Waals surface area contributed by atoms with Gasteiger partial charge in [-0.3, -0.25) is 4.99 Å². The van der Waals surface area contributed by atoms with Crippen LogP contribution >= 0.6 is 39.9 Å². The third-order valence-electron chi connectivity index (χ3n) is 3.23. The second-order valence-electron chi connectivity index (χ2n) is 6.44. The first-order valence-corrected chi connectivity index (χ1v) is 8.74. The summed E-state index contributed by atoms with van der Waals surface area (Å²) in [7, 11) is 1.75. The maximum absolute atomic E-state index is 13.7. The van der Waals surface area contributed by atoms with Gasteiger partial charge in [-0.1, -0.05) is 22.0 Å². The highest BCUT2D eigenvalue weighted by Gasteiger charge is 2.07. The van der Waals surface area contributed by atoms with Crippen LogP contribution in [0.4, 0.5) is 4.39 Å². The van der Waals surface area contributed by atoms with Crippen LogP contribution < -0.4 is 16.0 Å². The Morgan fingerprint density at radius 3 is 2.42 bits per heavy atom. The monoisotopic (exact) mass is 514 g/mol. The quantitative estimate of drug-likeness (QED) is 0.225. The summed E-state index contributed by atoms with van der Waals surface area (Å²) in [6.45, 7) is 8.85. The fourth-order valence-corrected chi connectivity index (χ4v) is 2.38. The zero-order valence-electron chi connectivity index (χ0n) is 14.9. The van der Waals surface area contributed by atoms with E-state index in [1.165, 1.54) is 6.07 Å². The number of benzene rings is 1. The molecule has 3 N–H and O–H groups in total. The van der Waals surface area contributed by atoms with E-state index < -0.39 is 0 Å². The van der Waals surface area contributed by atoms with Crippen LogP contribution in [-0.2, 0) is 6.42 Å². The largest absolute Gasteiger partial charge is 0.356 e. The lowest BCUT2D eigenvalue weighted by Gasteiger charge is -2.21. The Hall–Kier alpha value is -0.410. The van der Waals surface area contributed by atoms with E-state index in [9.17, 15) is 4.39 Å². The molecule has 0 heterocycles. The minimum absolute atomic E-state index is 0. The molecule has 0 bridgehead atoms. The average molecular weight is 515 g/mol. The van der Waals surface area contributed by atoms with Gasteiger partial charge in [0.25, 0.3) is 0 Å². The second kappa shape index (κ2) is 12.0. The minimum Gasteiger partial charge on any atom is -0.356 e. The molecule has 0 aromatic heterocycles. The van der Waals surface area contributed by atoms with E-state index in [-0.39, 0.29) is 35.3 Å². The Labute approximate surface area is 170 Å². The van der Waals surface area contributed by atoms with Gasteiger partial charge >= 0.3 is 0 Å². The van der Waals surface area contributed by atoms with E-state index in [1.807, 2.05) is 12.1 Å². The van der Waals surface area contributed by atoms with Gasteiger partial charge in [-0.15, -0.1) is 24.0 Å². The van der Waals surface area contributed by atoms with Crippen LogP contribution in [0.3, 0.4) is 0 Å². The average Bonchev–Trinajstić information content (AvgIpc) is 2.46. The summed E-state index contributed by atoms with van der Waals surface area (Å²) in [6.07, 6.45) is 1.55. The summed E-state index contributed by atoms with van der Waals surface area (Å²) in [6, 6.07) is 5.20. The van der Waals surface area contributed by atoms with Crippen LogP contribution in [0.15, 0.2) is 27.7 Å². The van der Waals surface area contributed by atoms with Gasteiger partial charge in [0.05, 0.1) is 0 Å². The highest BCUT2D eigenvalue weighted by molar-refractivity contribution is 14.0. The molecule has 4 nitrogen and oxygen atoms in total. The molecule has 138 valence electrons. The fraction of sp³-hybridized carbons (Fsp3) is 0.588. The van der Waals surface area contributed by atoms with Crippen LogP contribution in [0.2, 0.25) is 0 Å². The smallest absolute Gasteiger partial charge is 0.191 e. The molecule has 0 saturated carbocycles. The molecule has 1 aromatic rings. The van der Waals surface area contributed by atoms with E-state index in [2.05, 4.69) is 57.6 Å². The molecule has 0 aliphatic carbocycles. The predicted molar refractivity (Wildman–Crippen MR) is 115 cm³/mol. The van der Waals surface area contributed by atoms with Crippen LogP contribution in [0.1, 0.15) is 32.8 Å². The Morgan fingerprint density at radius 1 is 1.17 bits per heavy atom. The van der Waals surface area contributed by atoms with Gasteiger partial charge in [-0.05, 0) is 51.3 Å². The number of guanidine groups is 1. The van der Waals surface area contributed by atoms with E-state index in [4.69, 9.17) is 0 Å².